The molecule has 0 radical (unpaired) electrons. The van der Waals surface area contributed by atoms with Crippen molar-refractivity contribution in [1.82, 2.24) is 4.57 Å². The predicted molar refractivity (Wildman–Crippen MR) is 271 cm³/mol. The van der Waals surface area contributed by atoms with Crippen LogP contribution in [0.3, 0.4) is 0 Å². The van der Waals surface area contributed by atoms with Crippen molar-refractivity contribution in [3.05, 3.63) is 198 Å². The highest BCUT2D eigenvalue weighted by atomic mass is 16.5. The van der Waals surface area contributed by atoms with Crippen LogP contribution in [0.1, 0.15) is 22.3 Å². The van der Waals surface area contributed by atoms with Gasteiger partial charge in [0, 0.05) is 50.6 Å². The summed E-state index contributed by atoms with van der Waals surface area (Å²) in [6, 6.07) is 65.1. The maximum Gasteiger partial charge on any atom is 0.256 e. The lowest BCUT2D eigenvalue weighted by atomic mass is 9.34. The first-order valence-electron chi connectivity index (χ1n) is 22.6. The Labute approximate surface area is 378 Å². The molecule has 5 nitrogen and oxygen atoms in total. The SMILES string of the molecule is Cc1ccc(N2c3cc4c(cc3B3c5cc(C)ccc5Oc5cccc2c53)c2cc3c(cc2n4-c2ccccc2)N(c2ccc(C)cc2)c2cccc4c2B3c2cc(C)ccc2O4)cc1. The Bertz CT molecular complexity index is 3450. The maximum absolute atomic E-state index is 6.79. The van der Waals surface area contributed by atoms with Crippen LogP contribution in [-0.4, -0.2) is 18.0 Å². The van der Waals surface area contributed by atoms with Gasteiger partial charge in [-0.3, -0.25) is 0 Å². The average Bonchev–Trinajstić information content (AvgIpc) is 3.63. The van der Waals surface area contributed by atoms with E-state index in [4.69, 9.17) is 9.47 Å². The smallest absolute Gasteiger partial charge is 0.256 e. The number of hydrogen-bond donors (Lipinski definition) is 0. The second kappa shape index (κ2) is 13.3. The number of fused-ring (bicyclic) bond motifs is 11. The summed E-state index contributed by atoms with van der Waals surface area (Å²) in [6.45, 7) is 8.61. The van der Waals surface area contributed by atoms with E-state index < -0.39 is 0 Å². The van der Waals surface area contributed by atoms with Crippen LogP contribution in [0.25, 0.3) is 27.5 Å². The Morgan fingerprint density at radius 3 is 1.25 bits per heavy atom. The lowest BCUT2D eigenvalue weighted by Crippen LogP contribution is -2.59. The molecule has 0 unspecified atom stereocenters. The van der Waals surface area contributed by atoms with Crippen LogP contribution in [0, 0.1) is 27.7 Å². The lowest BCUT2D eigenvalue weighted by molar-refractivity contribution is 0.487. The summed E-state index contributed by atoms with van der Waals surface area (Å²) in [5, 5.41) is 2.43. The number of para-hydroxylation sites is 1. The first-order chi connectivity index (χ1) is 31.9. The van der Waals surface area contributed by atoms with Gasteiger partial charge in [-0.1, -0.05) is 113 Å². The van der Waals surface area contributed by atoms with Crippen LogP contribution >= 0.6 is 0 Å². The highest BCUT2D eigenvalue weighted by Crippen LogP contribution is 2.46. The number of anilines is 6. The molecule has 306 valence electrons. The number of ether oxygens (including phenoxy) is 2. The predicted octanol–water partition coefficient (Wildman–Crippen LogP) is 10.8. The van der Waals surface area contributed by atoms with E-state index in [-0.39, 0.29) is 13.4 Å². The summed E-state index contributed by atoms with van der Waals surface area (Å²) in [5.74, 6) is 3.65. The largest absolute Gasteiger partial charge is 0.458 e. The Kier molecular flexibility index (Phi) is 7.50. The van der Waals surface area contributed by atoms with Crippen molar-refractivity contribution in [1.29, 1.82) is 0 Å². The normalized spacial score (nSPS) is 13.7. The van der Waals surface area contributed by atoms with E-state index in [1.807, 2.05) is 0 Å². The third-order valence-corrected chi connectivity index (χ3v) is 14.3. The molecule has 10 aromatic rings. The van der Waals surface area contributed by atoms with Gasteiger partial charge >= 0.3 is 0 Å². The van der Waals surface area contributed by atoms with E-state index in [9.17, 15) is 0 Å². The Balaban J connectivity index is 1.13. The summed E-state index contributed by atoms with van der Waals surface area (Å²) < 4.78 is 16.1. The Morgan fingerprint density at radius 2 is 0.785 bits per heavy atom. The molecule has 0 bridgehead atoms. The topological polar surface area (TPSA) is 29.9 Å². The fraction of sp³-hybridized carbons (Fsp3) is 0.0690. The zero-order chi connectivity index (χ0) is 43.2. The van der Waals surface area contributed by atoms with Gasteiger partial charge in [-0.2, -0.15) is 0 Å². The van der Waals surface area contributed by atoms with E-state index in [0.29, 0.717) is 0 Å². The Morgan fingerprint density at radius 1 is 0.338 bits per heavy atom. The molecule has 0 spiro atoms. The molecule has 0 saturated carbocycles. The molecule has 65 heavy (non-hydrogen) atoms. The molecular formula is C58H41B2N3O2. The summed E-state index contributed by atoms with van der Waals surface area (Å²) in [6.07, 6.45) is 0. The Hall–Kier alpha value is -7.89. The zero-order valence-corrected chi connectivity index (χ0v) is 36.6. The van der Waals surface area contributed by atoms with Crippen LogP contribution in [0.5, 0.6) is 23.0 Å². The fourth-order valence-electron chi connectivity index (χ4n) is 11.4. The first kappa shape index (κ1) is 36.6. The van der Waals surface area contributed by atoms with Gasteiger partial charge < -0.3 is 23.8 Å². The van der Waals surface area contributed by atoms with Crippen molar-refractivity contribution in [3.8, 4) is 28.7 Å². The highest BCUT2D eigenvalue weighted by Gasteiger charge is 2.44. The number of aromatic nitrogens is 1. The van der Waals surface area contributed by atoms with E-state index in [1.165, 1.54) is 77.2 Å². The molecule has 4 aliphatic rings. The van der Waals surface area contributed by atoms with Crippen LogP contribution < -0.4 is 52.1 Å². The number of hydrogen-bond acceptors (Lipinski definition) is 4. The number of rotatable bonds is 3. The quantitative estimate of drug-likeness (QED) is 0.166. The molecule has 0 saturated heterocycles. The van der Waals surface area contributed by atoms with Crippen LogP contribution in [0.15, 0.2) is 176 Å². The van der Waals surface area contributed by atoms with E-state index >= 15 is 0 Å². The van der Waals surface area contributed by atoms with E-state index in [2.05, 4.69) is 218 Å². The standard InChI is InChI=1S/C58H41B2N3O2/c1-34-16-22-39(23-17-34)61-47-12-8-14-55-57(47)59(45-28-36(3)20-26-53(45)64-55)43-30-41-42-31-44-52(33-50(42)63(49(41)32-51(43)61)38-10-6-5-7-11-38)62(40-24-18-35(2)19-25-40)48-13-9-15-56-58(48)60(44)46-29-37(4)21-27-54(46)65-56/h5-33H,1-4H3. The van der Waals surface area contributed by atoms with Crippen molar-refractivity contribution >= 4 is 102 Å². The second-order valence-electron chi connectivity index (χ2n) is 18.4. The van der Waals surface area contributed by atoms with Gasteiger partial charge in [-0.15, -0.1) is 0 Å². The van der Waals surface area contributed by atoms with Gasteiger partial charge in [0.1, 0.15) is 23.0 Å². The molecule has 14 rings (SSSR count). The first-order valence-corrected chi connectivity index (χ1v) is 22.6. The van der Waals surface area contributed by atoms with E-state index in [0.717, 1.165) is 62.5 Å². The third-order valence-electron chi connectivity index (χ3n) is 14.3. The van der Waals surface area contributed by atoms with Crippen LogP contribution in [0.4, 0.5) is 34.1 Å². The molecule has 0 atom stereocenters. The maximum atomic E-state index is 6.79. The van der Waals surface area contributed by atoms with E-state index in [1.54, 1.807) is 0 Å². The summed E-state index contributed by atoms with van der Waals surface area (Å²) in [7, 11) is 0. The van der Waals surface area contributed by atoms with Gasteiger partial charge in [-0.05, 0) is 145 Å². The molecule has 9 aromatic carbocycles. The zero-order valence-electron chi connectivity index (χ0n) is 36.6. The van der Waals surface area contributed by atoms with Crippen molar-refractivity contribution in [2.45, 2.75) is 27.7 Å². The van der Waals surface area contributed by atoms with Gasteiger partial charge in [0.15, 0.2) is 0 Å². The lowest BCUT2D eigenvalue weighted by Gasteiger charge is -2.40. The molecule has 1 aromatic heterocycles. The molecule has 0 aliphatic carbocycles. The van der Waals surface area contributed by atoms with Crippen LogP contribution in [-0.2, 0) is 0 Å². The van der Waals surface area contributed by atoms with Crippen molar-refractivity contribution in [2.24, 2.45) is 0 Å². The van der Waals surface area contributed by atoms with Crippen molar-refractivity contribution < 1.29 is 9.47 Å². The molecule has 7 heteroatoms. The minimum absolute atomic E-state index is 0.0319. The second-order valence-corrected chi connectivity index (χ2v) is 18.4. The third kappa shape index (κ3) is 5.18. The van der Waals surface area contributed by atoms with Gasteiger partial charge in [0.05, 0.1) is 11.0 Å². The minimum Gasteiger partial charge on any atom is -0.458 e. The van der Waals surface area contributed by atoms with Crippen LogP contribution in [0.2, 0.25) is 0 Å². The molecule has 5 heterocycles. The van der Waals surface area contributed by atoms with Gasteiger partial charge in [0.2, 0.25) is 0 Å². The molecule has 0 amide bonds. The fourth-order valence-corrected chi connectivity index (χ4v) is 11.4. The average molecular weight is 834 g/mol. The van der Waals surface area contributed by atoms with Gasteiger partial charge in [0.25, 0.3) is 13.4 Å². The molecule has 0 fully saturated rings. The minimum atomic E-state index is -0.0319. The summed E-state index contributed by atoms with van der Waals surface area (Å²) >= 11 is 0. The highest BCUT2D eigenvalue weighted by molar-refractivity contribution is 7.00. The number of aryl methyl sites for hydroxylation is 4. The monoisotopic (exact) mass is 833 g/mol. The number of benzene rings is 9. The summed E-state index contributed by atoms with van der Waals surface area (Å²) in [4.78, 5) is 4.93. The molecule has 0 N–H and O–H groups in total. The van der Waals surface area contributed by atoms with Crippen molar-refractivity contribution in [2.75, 3.05) is 9.80 Å². The number of nitrogens with zero attached hydrogens (tertiary/aromatic N) is 3. The van der Waals surface area contributed by atoms with Gasteiger partial charge in [-0.25, -0.2) is 0 Å². The van der Waals surface area contributed by atoms with Crippen molar-refractivity contribution in [3.63, 3.8) is 0 Å². The summed E-state index contributed by atoms with van der Waals surface area (Å²) in [5.41, 5.74) is 22.5. The molecular weight excluding hydrogens is 792 g/mol. The molecule has 4 aliphatic heterocycles.